The van der Waals surface area contributed by atoms with Crippen molar-refractivity contribution in [2.45, 2.75) is 118 Å². The van der Waals surface area contributed by atoms with E-state index in [4.69, 9.17) is 0 Å². The molecular formula is C30H48O4. The zero-order valence-corrected chi connectivity index (χ0v) is 22.6. The second-order valence-electron chi connectivity index (χ2n) is 15.2. The zero-order chi connectivity index (χ0) is 25.1. The molecule has 3 N–H and O–H groups in total. The van der Waals surface area contributed by atoms with E-state index in [0.29, 0.717) is 24.7 Å². The van der Waals surface area contributed by atoms with Crippen LogP contribution in [0.5, 0.6) is 0 Å². The summed E-state index contributed by atoms with van der Waals surface area (Å²) in [6.07, 6.45) is 9.35. The van der Waals surface area contributed by atoms with E-state index >= 15 is 0 Å². The van der Waals surface area contributed by atoms with Gasteiger partial charge in [0, 0.05) is 0 Å². The van der Waals surface area contributed by atoms with Crippen LogP contribution in [0.2, 0.25) is 0 Å². The number of hydrogen-bond donors (Lipinski definition) is 3. The Morgan fingerprint density at radius 1 is 0.853 bits per heavy atom. The van der Waals surface area contributed by atoms with Gasteiger partial charge in [-0.15, -0.1) is 0 Å². The van der Waals surface area contributed by atoms with Crippen molar-refractivity contribution < 1.29 is 20.1 Å². The van der Waals surface area contributed by atoms with Gasteiger partial charge >= 0.3 is 5.97 Å². The highest BCUT2D eigenvalue weighted by molar-refractivity contribution is 5.77. The van der Waals surface area contributed by atoms with Crippen molar-refractivity contribution in [2.75, 3.05) is 0 Å². The highest BCUT2D eigenvalue weighted by Gasteiger charge is 2.71. The number of aliphatic hydroxyl groups is 2. The number of hydrogen-bond acceptors (Lipinski definition) is 3. The first-order valence-electron chi connectivity index (χ1n) is 13.9. The van der Waals surface area contributed by atoms with Crippen LogP contribution in [0.15, 0.2) is 11.6 Å². The summed E-state index contributed by atoms with van der Waals surface area (Å²) >= 11 is 0. The molecule has 34 heavy (non-hydrogen) atoms. The second-order valence-corrected chi connectivity index (χ2v) is 15.2. The average molecular weight is 473 g/mol. The molecule has 192 valence electrons. The molecule has 4 heteroatoms. The van der Waals surface area contributed by atoms with E-state index in [2.05, 4.69) is 54.5 Å². The summed E-state index contributed by atoms with van der Waals surface area (Å²) in [6, 6.07) is 0. The largest absolute Gasteiger partial charge is 0.481 e. The maximum Gasteiger partial charge on any atom is 0.312 e. The van der Waals surface area contributed by atoms with Crippen LogP contribution in [-0.2, 0) is 4.79 Å². The van der Waals surface area contributed by atoms with Gasteiger partial charge in [0.25, 0.3) is 0 Å². The Hall–Kier alpha value is -0.870. The topological polar surface area (TPSA) is 77.8 Å². The molecule has 5 aliphatic rings. The van der Waals surface area contributed by atoms with Crippen LogP contribution in [0.4, 0.5) is 0 Å². The minimum atomic E-state index is -1.04. The van der Waals surface area contributed by atoms with Gasteiger partial charge in [-0.3, -0.25) is 4.79 Å². The van der Waals surface area contributed by atoms with Gasteiger partial charge in [0.15, 0.2) is 0 Å². The van der Waals surface area contributed by atoms with Crippen LogP contribution in [0.25, 0.3) is 0 Å². The van der Waals surface area contributed by atoms with E-state index in [1.807, 2.05) is 0 Å². The van der Waals surface area contributed by atoms with Crippen LogP contribution < -0.4 is 0 Å². The molecule has 4 fully saturated rings. The SMILES string of the molecule is CC1(C)CC[C@@]2(C(=O)O)C(C1)C1=CCC3[C@@]4(C)CC[C@H](O)C(C)(C)C4CC[C@@]3(C)[C@]1(C)C[C@@H]2O. The molecule has 5 rings (SSSR count). The minimum Gasteiger partial charge on any atom is -0.481 e. The summed E-state index contributed by atoms with van der Waals surface area (Å²) in [5.41, 5.74) is 0.295. The van der Waals surface area contributed by atoms with Crippen LogP contribution >= 0.6 is 0 Å². The summed E-state index contributed by atoms with van der Waals surface area (Å²) in [4.78, 5) is 12.8. The first-order valence-corrected chi connectivity index (χ1v) is 13.9. The van der Waals surface area contributed by atoms with Gasteiger partial charge in [0.2, 0.25) is 0 Å². The Kier molecular flexibility index (Phi) is 5.20. The van der Waals surface area contributed by atoms with Gasteiger partial charge in [-0.2, -0.15) is 0 Å². The van der Waals surface area contributed by atoms with Crippen LogP contribution in [0.1, 0.15) is 106 Å². The average Bonchev–Trinajstić information content (AvgIpc) is 2.71. The van der Waals surface area contributed by atoms with Crippen LogP contribution in [-0.4, -0.2) is 33.5 Å². The number of aliphatic carboxylic acids is 1. The van der Waals surface area contributed by atoms with Gasteiger partial charge in [0.1, 0.15) is 5.41 Å². The fourth-order valence-corrected chi connectivity index (χ4v) is 10.7. The quantitative estimate of drug-likeness (QED) is 0.397. The molecule has 4 saturated carbocycles. The molecular weight excluding hydrogens is 424 g/mol. The minimum absolute atomic E-state index is 0.0218. The highest BCUT2D eigenvalue weighted by Crippen LogP contribution is 2.75. The summed E-state index contributed by atoms with van der Waals surface area (Å²) in [5, 5.41) is 33.1. The van der Waals surface area contributed by atoms with Gasteiger partial charge in [-0.05, 0) is 103 Å². The van der Waals surface area contributed by atoms with Crippen molar-refractivity contribution in [3.05, 3.63) is 11.6 Å². The van der Waals surface area contributed by atoms with Crippen LogP contribution in [0, 0.1) is 50.2 Å². The first-order chi connectivity index (χ1) is 15.6. The molecule has 4 nitrogen and oxygen atoms in total. The summed E-state index contributed by atoms with van der Waals surface area (Å²) in [5.74, 6) is 0.0888. The smallest absolute Gasteiger partial charge is 0.312 e. The lowest BCUT2D eigenvalue weighted by Gasteiger charge is -2.71. The number of fused-ring (bicyclic) bond motifs is 7. The van der Waals surface area contributed by atoms with E-state index < -0.39 is 17.5 Å². The maximum absolute atomic E-state index is 12.8. The van der Waals surface area contributed by atoms with E-state index in [9.17, 15) is 20.1 Å². The van der Waals surface area contributed by atoms with Crippen molar-refractivity contribution in [3.8, 4) is 0 Å². The lowest BCUT2D eigenvalue weighted by molar-refractivity contribution is -0.218. The fraction of sp³-hybridized carbons (Fsp3) is 0.900. The molecule has 0 bridgehead atoms. The molecule has 0 aliphatic heterocycles. The Bertz CT molecular complexity index is 919. The molecule has 0 saturated heterocycles. The number of aliphatic hydroxyl groups excluding tert-OH is 2. The molecule has 0 radical (unpaired) electrons. The third-order valence-electron chi connectivity index (χ3n) is 13.1. The predicted molar refractivity (Wildman–Crippen MR) is 134 cm³/mol. The number of carboxylic acid groups (broad SMARTS) is 1. The summed E-state index contributed by atoms with van der Waals surface area (Å²) < 4.78 is 0. The van der Waals surface area contributed by atoms with Crippen molar-refractivity contribution in [1.29, 1.82) is 0 Å². The van der Waals surface area contributed by atoms with Crippen molar-refractivity contribution >= 4 is 5.97 Å². The molecule has 0 aromatic heterocycles. The highest BCUT2D eigenvalue weighted by atomic mass is 16.4. The zero-order valence-electron chi connectivity index (χ0n) is 22.6. The number of carbonyl (C=O) groups is 1. The number of allylic oxidation sites excluding steroid dienone is 2. The molecule has 0 aromatic rings. The van der Waals surface area contributed by atoms with Gasteiger partial charge in [-0.1, -0.05) is 60.1 Å². The van der Waals surface area contributed by atoms with Gasteiger partial charge < -0.3 is 15.3 Å². The fourth-order valence-electron chi connectivity index (χ4n) is 10.7. The number of carboxylic acids is 1. The van der Waals surface area contributed by atoms with E-state index in [0.717, 1.165) is 44.9 Å². The molecule has 0 aromatic carbocycles. The molecule has 3 unspecified atom stereocenters. The van der Waals surface area contributed by atoms with Crippen molar-refractivity contribution in [2.24, 2.45) is 50.2 Å². The molecule has 9 atom stereocenters. The molecule has 5 aliphatic carbocycles. The van der Waals surface area contributed by atoms with Crippen LogP contribution in [0.3, 0.4) is 0 Å². The molecule has 0 amide bonds. The first kappa shape index (κ1) is 24.8. The summed E-state index contributed by atoms with van der Waals surface area (Å²) in [6.45, 7) is 16.4. The molecule has 0 spiro atoms. The Balaban J connectivity index is 1.63. The lowest BCUT2D eigenvalue weighted by Crippen LogP contribution is -2.67. The Morgan fingerprint density at radius 3 is 2.18 bits per heavy atom. The maximum atomic E-state index is 12.8. The van der Waals surface area contributed by atoms with E-state index in [1.165, 1.54) is 5.57 Å². The Labute approximate surface area is 206 Å². The second kappa shape index (κ2) is 7.12. The monoisotopic (exact) mass is 472 g/mol. The summed E-state index contributed by atoms with van der Waals surface area (Å²) in [7, 11) is 0. The normalized spacial score (nSPS) is 53.4. The Morgan fingerprint density at radius 2 is 1.53 bits per heavy atom. The van der Waals surface area contributed by atoms with Gasteiger partial charge in [-0.25, -0.2) is 0 Å². The predicted octanol–water partition coefficient (Wildman–Crippen LogP) is 6.20. The van der Waals surface area contributed by atoms with E-state index in [1.54, 1.807) is 0 Å². The standard InChI is InChI=1S/C30H48O4/c1-25(2)14-15-30(24(33)34)19(16-25)18-8-9-21-27(5)12-11-22(31)26(3,4)20(27)10-13-28(21,6)29(18,7)17-23(30)32/h8,19-23,31-32H,9-17H2,1-7H3,(H,33,34)/t19?,20?,21?,22-,23-,27-,28+,29+,30+/m0/s1. The van der Waals surface area contributed by atoms with Crippen molar-refractivity contribution in [3.63, 3.8) is 0 Å². The lowest BCUT2D eigenvalue weighted by atomic mass is 9.33. The third kappa shape index (κ3) is 2.82. The van der Waals surface area contributed by atoms with E-state index in [-0.39, 0.29) is 39.1 Å². The number of rotatable bonds is 1. The van der Waals surface area contributed by atoms with Crippen molar-refractivity contribution in [1.82, 2.24) is 0 Å². The molecule has 0 heterocycles. The van der Waals surface area contributed by atoms with Gasteiger partial charge in [0.05, 0.1) is 12.2 Å². The third-order valence-corrected chi connectivity index (χ3v) is 13.1.